The van der Waals surface area contributed by atoms with Crippen LogP contribution in [0.2, 0.25) is 0 Å². The van der Waals surface area contributed by atoms with E-state index in [1.54, 1.807) is 0 Å². The molecule has 0 amide bonds. The van der Waals surface area contributed by atoms with E-state index < -0.39 is 0 Å². The van der Waals surface area contributed by atoms with Crippen LogP contribution >= 0.6 is 0 Å². The van der Waals surface area contributed by atoms with E-state index in [9.17, 15) is 4.79 Å². The lowest BCUT2D eigenvalue weighted by Gasteiger charge is -2.07. The predicted octanol–water partition coefficient (Wildman–Crippen LogP) is 3.47. The smallest absolute Gasteiger partial charge is 0.193 e. The first-order valence-electron chi connectivity index (χ1n) is 6.53. The van der Waals surface area contributed by atoms with Crippen LogP contribution < -0.4 is 4.74 Å². The second-order valence-corrected chi connectivity index (χ2v) is 5.07. The fraction of sp³-hybridized carbons (Fsp3) is 0.235. The van der Waals surface area contributed by atoms with E-state index in [0.717, 1.165) is 41.0 Å². The summed E-state index contributed by atoms with van der Waals surface area (Å²) in [6, 6.07) is 11.7. The molecule has 0 bridgehead atoms. The zero-order valence-corrected chi connectivity index (χ0v) is 11.2. The number of carbonyl (C=O) groups is 1. The molecule has 0 saturated heterocycles. The minimum absolute atomic E-state index is 0.0900. The Bertz CT molecular complexity index is 656. The van der Waals surface area contributed by atoms with Crippen molar-refractivity contribution in [1.82, 2.24) is 0 Å². The van der Waals surface area contributed by atoms with Crippen LogP contribution in [-0.4, -0.2) is 12.4 Å². The van der Waals surface area contributed by atoms with Crippen molar-refractivity contribution in [1.29, 1.82) is 0 Å². The molecule has 1 aliphatic heterocycles. The molecule has 0 aromatic heterocycles. The number of ether oxygens (including phenoxy) is 1. The summed E-state index contributed by atoms with van der Waals surface area (Å²) in [5.41, 5.74) is 4.87. The number of rotatable bonds is 2. The predicted molar refractivity (Wildman–Crippen MR) is 75.0 cm³/mol. The SMILES string of the molecule is Cc1ccc(C(=O)c2ccc3c(c2)CCO3)c(C)c1. The van der Waals surface area contributed by atoms with Crippen LogP contribution in [0.1, 0.15) is 32.6 Å². The van der Waals surface area contributed by atoms with Gasteiger partial charge in [-0.15, -0.1) is 0 Å². The van der Waals surface area contributed by atoms with E-state index >= 15 is 0 Å². The van der Waals surface area contributed by atoms with Gasteiger partial charge in [0.05, 0.1) is 6.61 Å². The molecule has 19 heavy (non-hydrogen) atoms. The molecular weight excluding hydrogens is 236 g/mol. The van der Waals surface area contributed by atoms with Crippen LogP contribution in [0.15, 0.2) is 36.4 Å². The molecule has 0 aliphatic carbocycles. The van der Waals surface area contributed by atoms with Crippen LogP contribution in [0.5, 0.6) is 5.75 Å². The number of hydrogen-bond acceptors (Lipinski definition) is 2. The van der Waals surface area contributed by atoms with E-state index in [0.29, 0.717) is 0 Å². The molecule has 2 nitrogen and oxygen atoms in total. The highest BCUT2D eigenvalue weighted by molar-refractivity contribution is 6.10. The molecule has 0 fully saturated rings. The third-order valence-corrected chi connectivity index (χ3v) is 3.58. The highest BCUT2D eigenvalue weighted by atomic mass is 16.5. The normalized spacial score (nSPS) is 12.9. The molecule has 2 aromatic rings. The standard InChI is InChI=1S/C17H16O2/c1-11-3-5-15(12(2)9-11)17(18)14-4-6-16-13(10-14)7-8-19-16/h3-6,9-10H,7-8H2,1-2H3. The van der Waals surface area contributed by atoms with Gasteiger partial charge in [-0.25, -0.2) is 0 Å². The van der Waals surface area contributed by atoms with Gasteiger partial charge in [0, 0.05) is 17.5 Å². The van der Waals surface area contributed by atoms with Crippen molar-refractivity contribution in [3.8, 4) is 5.75 Å². The zero-order valence-electron chi connectivity index (χ0n) is 11.2. The van der Waals surface area contributed by atoms with Crippen LogP contribution in [0, 0.1) is 13.8 Å². The first kappa shape index (κ1) is 12.0. The summed E-state index contributed by atoms with van der Waals surface area (Å²) >= 11 is 0. The summed E-state index contributed by atoms with van der Waals surface area (Å²) in [6.45, 7) is 4.74. The maximum atomic E-state index is 12.5. The summed E-state index contributed by atoms with van der Waals surface area (Å²) < 4.78 is 5.47. The highest BCUT2D eigenvalue weighted by Crippen LogP contribution is 2.27. The van der Waals surface area contributed by atoms with E-state index in [1.165, 1.54) is 5.56 Å². The van der Waals surface area contributed by atoms with Crippen molar-refractivity contribution in [2.45, 2.75) is 20.3 Å². The van der Waals surface area contributed by atoms with Crippen molar-refractivity contribution in [2.75, 3.05) is 6.61 Å². The van der Waals surface area contributed by atoms with Gasteiger partial charge in [-0.1, -0.05) is 23.8 Å². The molecule has 2 aromatic carbocycles. The second-order valence-electron chi connectivity index (χ2n) is 5.07. The Morgan fingerprint density at radius 2 is 1.95 bits per heavy atom. The number of aryl methyl sites for hydroxylation is 2. The maximum absolute atomic E-state index is 12.5. The topological polar surface area (TPSA) is 26.3 Å². The van der Waals surface area contributed by atoms with Crippen molar-refractivity contribution >= 4 is 5.78 Å². The molecule has 1 aliphatic rings. The zero-order chi connectivity index (χ0) is 13.4. The van der Waals surface area contributed by atoms with Crippen LogP contribution in [0.3, 0.4) is 0 Å². The van der Waals surface area contributed by atoms with Gasteiger partial charge in [-0.3, -0.25) is 4.79 Å². The summed E-state index contributed by atoms with van der Waals surface area (Å²) in [5, 5.41) is 0. The maximum Gasteiger partial charge on any atom is 0.193 e. The van der Waals surface area contributed by atoms with E-state index in [1.807, 2.05) is 50.2 Å². The van der Waals surface area contributed by atoms with Gasteiger partial charge in [0.25, 0.3) is 0 Å². The molecule has 0 saturated carbocycles. The molecule has 0 atom stereocenters. The molecule has 1 heterocycles. The Kier molecular flexibility index (Phi) is 2.86. The largest absolute Gasteiger partial charge is 0.493 e. The minimum Gasteiger partial charge on any atom is -0.493 e. The van der Waals surface area contributed by atoms with Gasteiger partial charge in [0.2, 0.25) is 0 Å². The quantitative estimate of drug-likeness (QED) is 0.765. The number of ketones is 1. The number of fused-ring (bicyclic) bond motifs is 1. The van der Waals surface area contributed by atoms with Crippen molar-refractivity contribution in [2.24, 2.45) is 0 Å². The number of hydrogen-bond donors (Lipinski definition) is 0. The lowest BCUT2D eigenvalue weighted by molar-refractivity contribution is 0.103. The van der Waals surface area contributed by atoms with Gasteiger partial charge in [0.15, 0.2) is 5.78 Å². The van der Waals surface area contributed by atoms with Gasteiger partial charge in [0.1, 0.15) is 5.75 Å². The van der Waals surface area contributed by atoms with Crippen LogP contribution in [0.25, 0.3) is 0 Å². The third kappa shape index (κ3) is 2.14. The third-order valence-electron chi connectivity index (χ3n) is 3.58. The summed E-state index contributed by atoms with van der Waals surface area (Å²) in [5.74, 6) is 1.00. The Morgan fingerprint density at radius 3 is 2.74 bits per heavy atom. The van der Waals surface area contributed by atoms with Gasteiger partial charge < -0.3 is 4.74 Å². The lowest BCUT2D eigenvalue weighted by Crippen LogP contribution is -2.04. The van der Waals surface area contributed by atoms with Crippen molar-refractivity contribution in [3.63, 3.8) is 0 Å². The second kappa shape index (κ2) is 4.54. The molecule has 0 N–H and O–H groups in total. The molecule has 3 rings (SSSR count). The average molecular weight is 252 g/mol. The van der Waals surface area contributed by atoms with Gasteiger partial charge in [-0.05, 0) is 43.2 Å². The molecule has 0 radical (unpaired) electrons. The molecule has 0 unspecified atom stereocenters. The molecular formula is C17H16O2. The average Bonchev–Trinajstić information content (AvgIpc) is 2.85. The van der Waals surface area contributed by atoms with Crippen LogP contribution in [0.4, 0.5) is 0 Å². The first-order chi connectivity index (χ1) is 9.15. The lowest BCUT2D eigenvalue weighted by atomic mass is 9.96. The number of benzene rings is 2. The first-order valence-corrected chi connectivity index (χ1v) is 6.53. The molecule has 96 valence electrons. The summed E-state index contributed by atoms with van der Waals surface area (Å²) in [4.78, 5) is 12.5. The van der Waals surface area contributed by atoms with E-state index in [2.05, 4.69) is 0 Å². The highest BCUT2D eigenvalue weighted by Gasteiger charge is 2.17. The van der Waals surface area contributed by atoms with E-state index in [4.69, 9.17) is 4.74 Å². The van der Waals surface area contributed by atoms with Gasteiger partial charge in [-0.2, -0.15) is 0 Å². The van der Waals surface area contributed by atoms with E-state index in [-0.39, 0.29) is 5.78 Å². The van der Waals surface area contributed by atoms with Crippen molar-refractivity contribution in [3.05, 3.63) is 64.2 Å². The Hall–Kier alpha value is -2.09. The number of carbonyl (C=O) groups excluding carboxylic acids is 1. The monoisotopic (exact) mass is 252 g/mol. The fourth-order valence-corrected chi connectivity index (χ4v) is 2.55. The molecule has 2 heteroatoms. The van der Waals surface area contributed by atoms with Crippen LogP contribution in [-0.2, 0) is 6.42 Å². The fourth-order valence-electron chi connectivity index (χ4n) is 2.55. The summed E-state index contributed by atoms with van der Waals surface area (Å²) in [6.07, 6.45) is 0.892. The minimum atomic E-state index is 0.0900. The van der Waals surface area contributed by atoms with Gasteiger partial charge >= 0.3 is 0 Å². The van der Waals surface area contributed by atoms with Crippen molar-refractivity contribution < 1.29 is 9.53 Å². The molecule has 0 spiro atoms. The Balaban J connectivity index is 2.00. The Labute approximate surface area is 113 Å². The Morgan fingerprint density at radius 1 is 1.11 bits per heavy atom. The summed E-state index contributed by atoms with van der Waals surface area (Å²) in [7, 11) is 0.